The van der Waals surface area contributed by atoms with Crippen molar-refractivity contribution in [3.63, 3.8) is 0 Å². The van der Waals surface area contributed by atoms with Gasteiger partial charge in [-0.1, -0.05) is 0 Å². The molecule has 0 unspecified atom stereocenters. The van der Waals surface area contributed by atoms with Crippen LogP contribution >= 0.6 is 0 Å². The molecule has 2 heterocycles. The Hall–Kier alpha value is -2.36. The van der Waals surface area contributed by atoms with Gasteiger partial charge in [0.05, 0.1) is 12.1 Å². The van der Waals surface area contributed by atoms with Gasteiger partial charge in [0.1, 0.15) is 11.9 Å². The highest BCUT2D eigenvalue weighted by Gasteiger charge is 2.31. The molecule has 2 atom stereocenters. The molecule has 2 rings (SSSR count). The molecule has 152 valence electrons. The number of alkyl carbamates (subject to hydrolysis) is 1. The fourth-order valence-electron chi connectivity index (χ4n) is 2.98. The van der Waals surface area contributed by atoms with Crippen LogP contribution in [0.3, 0.4) is 0 Å². The maximum atomic E-state index is 12.8. The molecule has 3 amide bonds. The number of ether oxygens (including phenoxy) is 1. The number of piperazine rings is 1. The Bertz CT molecular complexity index is 655. The first kappa shape index (κ1) is 20.9. The first-order chi connectivity index (χ1) is 12.6. The fourth-order valence-corrected chi connectivity index (χ4v) is 2.98. The number of hydrogen-bond donors (Lipinski definition) is 2. The fraction of sp³-hybridized carbons (Fsp3) is 0.765. The summed E-state index contributed by atoms with van der Waals surface area (Å²) in [5.41, 5.74) is -0.559. The summed E-state index contributed by atoms with van der Waals surface area (Å²) >= 11 is 0. The van der Waals surface area contributed by atoms with Gasteiger partial charge < -0.3 is 29.7 Å². The predicted octanol–water partition coefficient (Wildman–Crippen LogP) is 0.726. The normalized spacial score (nSPS) is 19.5. The van der Waals surface area contributed by atoms with E-state index in [1.54, 1.807) is 15.8 Å². The van der Waals surface area contributed by atoms with Crippen LogP contribution in [0.15, 0.2) is 6.33 Å². The molecular formula is C17H31N7O3. The molecule has 0 aromatic carbocycles. The monoisotopic (exact) mass is 381 g/mol. The summed E-state index contributed by atoms with van der Waals surface area (Å²) in [7, 11) is 3.83. The summed E-state index contributed by atoms with van der Waals surface area (Å²) < 4.78 is 7.05. The Morgan fingerprint density at radius 2 is 2.04 bits per heavy atom. The Labute approximate surface area is 160 Å². The van der Waals surface area contributed by atoms with Crippen molar-refractivity contribution in [1.29, 1.82) is 0 Å². The van der Waals surface area contributed by atoms with Gasteiger partial charge in [0.15, 0.2) is 5.82 Å². The van der Waals surface area contributed by atoms with Crippen LogP contribution in [0.5, 0.6) is 0 Å². The second-order valence-electron chi connectivity index (χ2n) is 7.96. The SMILES string of the molecule is C[C@H](NC(=O)N1CCN(C)C[C@@H]1CNC(=O)OC(C)(C)C)c1nncn1C. The zero-order chi connectivity index (χ0) is 20.2. The first-order valence-electron chi connectivity index (χ1n) is 9.13. The lowest BCUT2D eigenvalue weighted by molar-refractivity contribution is 0.0485. The minimum Gasteiger partial charge on any atom is -0.444 e. The van der Waals surface area contributed by atoms with Gasteiger partial charge in [-0.25, -0.2) is 9.59 Å². The van der Waals surface area contributed by atoms with Crippen molar-refractivity contribution in [2.75, 3.05) is 33.2 Å². The smallest absolute Gasteiger partial charge is 0.407 e. The second kappa shape index (κ2) is 8.55. The van der Waals surface area contributed by atoms with E-state index in [1.807, 2.05) is 41.8 Å². The summed E-state index contributed by atoms with van der Waals surface area (Å²) in [6, 6.07) is -0.610. The van der Waals surface area contributed by atoms with Crippen molar-refractivity contribution in [2.24, 2.45) is 7.05 Å². The molecule has 0 bridgehead atoms. The maximum Gasteiger partial charge on any atom is 0.407 e. The molecule has 1 aliphatic rings. The number of amides is 3. The number of carbonyl (C=O) groups excluding carboxylic acids is 2. The standard InChI is InChI=1S/C17H31N7O3/c1-12(14-21-19-11-23(14)6)20-15(25)24-8-7-22(5)10-13(24)9-18-16(26)27-17(2,3)4/h11-13H,7-10H2,1-6H3,(H,18,26)(H,20,25)/t12-,13-/m0/s1. The number of carbonyl (C=O) groups is 2. The lowest BCUT2D eigenvalue weighted by atomic mass is 10.1. The average molecular weight is 381 g/mol. The van der Waals surface area contributed by atoms with E-state index in [0.29, 0.717) is 25.5 Å². The molecule has 27 heavy (non-hydrogen) atoms. The Morgan fingerprint density at radius 3 is 2.63 bits per heavy atom. The van der Waals surface area contributed by atoms with Gasteiger partial charge in [-0.2, -0.15) is 0 Å². The Balaban J connectivity index is 1.96. The van der Waals surface area contributed by atoms with Crippen molar-refractivity contribution >= 4 is 12.1 Å². The van der Waals surface area contributed by atoms with E-state index in [4.69, 9.17) is 4.74 Å². The number of rotatable bonds is 4. The van der Waals surface area contributed by atoms with Crippen LogP contribution in [0.2, 0.25) is 0 Å². The molecule has 0 saturated carbocycles. The average Bonchev–Trinajstić information content (AvgIpc) is 2.97. The zero-order valence-corrected chi connectivity index (χ0v) is 17.0. The summed E-state index contributed by atoms with van der Waals surface area (Å²) in [5, 5.41) is 13.6. The molecule has 10 nitrogen and oxygen atoms in total. The van der Waals surface area contributed by atoms with Crippen molar-refractivity contribution in [3.8, 4) is 0 Å². The van der Waals surface area contributed by atoms with Crippen molar-refractivity contribution in [1.82, 2.24) is 35.2 Å². The lowest BCUT2D eigenvalue weighted by Crippen LogP contribution is -2.60. The molecule has 1 saturated heterocycles. The van der Waals surface area contributed by atoms with E-state index in [9.17, 15) is 9.59 Å². The van der Waals surface area contributed by atoms with Crippen LogP contribution < -0.4 is 10.6 Å². The van der Waals surface area contributed by atoms with Gasteiger partial charge in [0.25, 0.3) is 0 Å². The number of likely N-dealkylation sites (N-methyl/N-ethyl adjacent to an activating group) is 1. The zero-order valence-electron chi connectivity index (χ0n) is 17.0. The van der Waals surface area contributed by atoms with Crippen LogP contribution in [-0.4, -0.2) is 81.6 Å². The minimum absolute atomic E-state index is 0.150. The molecule has 0 aliphatic carbocycles. The quantitative estimate of drug-likeness (QED) is 0.797. The molecule has 1 aromatic rings. The maximum absolute atomic E-state index is 12.8. The highest BCUT2D eigenvalue weighted by atomic mass is 16.6. The number of nitrogens with one attached hydrogen (secondary N) is 2. The van der Waals surface area contributed by atoms with Crippen LogP contribution in [0.25, 0.3) is 0 Å². The second-order valence-corrected chi connectivity index (χ2v) is 7.96. The summed E-state index contributed by atoms with van der Waals surface area (Å²) in [6.45, 7) is 9.65. The molecule has 2 N–H and O–H groups in total. The van der Waals surface area contributed by atoms with Gasteiger partial charge in [-0.3, -0.25) is 0 Å². The van der Waals surface area contributed by atoms with E-state index in [2.05, 4.69) is 25.7 Å². The molecule has 1 fully saturated rings. The van der Waals surface area contributed by atoms with Gasteiger partial charge >= 0.3 is 12.1 Å². The Morgan fingerprint density at radius 1 is 1.33 bits per heavy atom. The first-order valence-corrected chi connectivity index (χ1v) is 9.13. The molecular weight excluding hydrogens is 350 g/mol. The number of aromatic nitrogens is 3. The number of hydrogen-bond acceptors (Lipinski definition) is 6. The summed E-state index contributed by atoms with van der Waals surface area (Å²) in [6.07, 6.45) is 1.12. The molecule has 0 spiro atoms. The van der Waals surface area contributed by atoms with E-state index in [0.717, 1.165) is 6.54 Å². The molecule has 1 aromatic heterocycles. The van der Waals surface area contributed by atoms with E-state index in [-0.39, 0.29) is 18.1 Å². The van der Waals surface area contributed by atoms with Crippen molar-refractivity contribution in [2.45, 2.75) is 45.4 Å². The van der Waals surface area contributed by atoms with Gasteiger partial charge in [-0.15, -0.1) is 10.2 Å². The summed E-state index contributed by atoms with van der Waals surface area (Å²) in [4.78, 5) is 28.6. The van der Waals surface area contributed by atoms with Crippen LogP contribution in [-0.2, 0) is 11.8 Å². The van der Waals surface area contributed by atoms with Gasteiger partial charge in [0, 0.05) is 33.2 Å². The summed E-state index contributed by atoms with van der Waals surface area (Å²) in [5.74, 6) is 0.681. The number of aryl methyl sites for hydroxylation is 1. The van der Waals surface area contributed by atoms with Crippen molar-refractivity contribution < 1.29 is 14.3 Å². The third kappa shape index (κ3) is 6.09. The molecule has 0 radical (unpaired) electrons. The topological polar surface area (TPSA) is 105 Å². The highest BCUT2D eigenvalue weighted by molar-refractivity contribution is 5.75. The Kier molecular flexibility index (Phi) is 6.63. The van der Waals surface area contributed by atoms with Crippen LogP contribution in [0.1, 0.15) is 39.6 Å². The van der Waals surface area contributed by atoms with Crippen molar-refractivity contribution in [3.05, 3.63) is 12.2 Å². The minimum atomic E-state index is -0.559. The third-order valence-corrected chi connectivity index (χ3v) is 4.30. The molecule has 1 aliphatic heterocycles. The van der Waals surface area contributed by atoms with Gasteiger partial charge in [0.2, 0.25) is 0 Å². The largest absolute Gasteiger partial charge is 0.444 e. The number of nitrogens with zero attached hydrogens (tertiary/aromatic N) is 5. The van der Waals surface area contributed by atoms with E-state index >= 15 is 0 Å². The van der Waals surface area contributed by atoms with Gasteiger partial charge in [-0.05, 0) is 34.7 Å². The van der Waals surface area contributed by atoms with E-state index < -0.39 is 11.7 Å². The van der Waals surface area contributed by atoms with Crippen LogP contribution in [0, 0.1) is 0 Å². The molecule has 10 heteroatoms. The van der Waals surface area contributed by atoms with Crippen LogP contribution in [0.4, 0.5) is 9.59 Å². The predicted molar refractivity (Wildman–Crippen MR) is 100 cm³/mol. The third-order valence-electron chi connectivity index (χ3n) is 4.30. The lowest BCUT2D eigenvalue weighted by Gasteiger charge is -2.40. The number of urea groups is 1. The van der Waals surface area contributed by atoms with E-state index in [1.165, 1.54) is 0 Å². The highest BCUT2D eigenvalue weighted by Crippen LogP contribution is 2.13.